The van der Waals surface area contributed by atoms with Gasteiger partial charge >= 0.3 is 5.97 Å². The quantitative estimate of drug-likeness (QED) is 0.626. The van der Waals surface area contributed by atoms with Crippen LogP contribution in [-0.2, 0) is 9.59 Å². The Morgan fingerprint density at radius 2 is 1.84 bits per heavy atom. The Bertz CT molecular complexity index is 554. The lowest BCUT2D eigenvalue weighted by Gasteiger charge is -2.19. The summed E-state index contributed by atoms with van der Waals surface area (Å²) in [5, 5.41) is 18.6. The number of carboxylic acids is 1. The summed E-state index contributed by atoms with van der Waals surface area (Å²) >= 11 is 0. The fourth-order valence-electron chi connectivity index (χ4n) is 1.96. The van der Waals surface area contributed by atoms with Crippen LogP contribution in [0.5, 0.6) is 0 Å². The second kappa shape index (κ2) is 4.36. The maximum atomic E-state index is 11.9. The molecular formula is C12H12N2O5. The summed E-state index contributed by atoms with van der Waals surface area (Å²) in [5.41, 5.74) is 3.41. The van der Waals surface area contributed by atoms with Gasteiger partial charge in [-0.25, -0.2) is 4.79 Å². The molecule has 2 amide bonds. The second-order valence-corrected chi connectivity index (χ2v) is 4.28. The molecule has 19 heavy (non-hydrogen) atoms. The zero-order valence-electron chi connectivity index (χ0n) is 9.87. The highest BCUT2D eigenvalue weighted by Crippen LogP contribution is 2.28. The number of nitrogens with zero attached hydrogens (tertiary/aromatic N) is 1. The summed E-state index contributed by atoms with van der Waals surface area (Å²) < 4.78 is 0. The molecular weight excluding hydrogens is 252 g/mol. The third-order valence-corrected chi connectivity index (χ3v) is 3.11. The summed E-state index contributed by atoms with van der Waals surface area (Å²) in [6, 6.07) is 5.82. The van der Waals surface area contributed by atoms with Gasteiger partial charge in [0.1, 0.15) is 0 Å². The number of benzene rings is 1. The van der Waals surface area contributed by atoms with Crippen molar-refractivity contribution in [3.05, 3.63) is 29.8 Å². The molecule has 1 aliphatic heterocycles. The third kappa shape index (κ3) is 2.04. The minimum absolute atomic E-state index is 0.0948. The van der Waals surface area contributed by atoms with Crippen LogP contribution in [0.3, 0.4) is 0 Å². The number of carbonyl (C=O) groups excluding carboxylic acids is 2. The number of anilines is 1. The Morgan fingerprint density at radius 3 is 2.26 bits per heavy atom. The second-order valence-electron chi connectivity index (χ2n) is 4.28. The first-order valence-corrected chi connectivity index (χ1v) is 5.54. The van der Waals surface area contributed by atoms with Gasteiger partial charge in [0, 0.05) is 24.2 Å². The summed E-state index contributed by atoms with van der Waals surface area (Å²) in [5.74, 6) is -3.04. The van der Waals surface area contributed by atoms with Crippen LogP contribution in [0.15, 0.2) is 24.3 Å². The van der Waals surface area contributed by atoms with Crippen molar-refractivity contribution in [2.75, 3.05) is 11.4 Å². The zero-order chi connectivity index (χ0) is 14.2. The number of aliphatic carboxylic acids is 1. The summed E-state index contributed by atoms with van der Waals surface area (Å²) in [4.78, 5) is 34.9. The predicted octanol–water partition coefficient (Wildman–Crippen LogP) is -0.662. The lowest BCUT2D eigenvalue weighted by Crippen LogP contribution is -2.46. The number of amides is 2. The van der Waals surface area contributed by atoms with E-state index in [4.69, 9.17) is 10.8 Å². The van der Waals surface area contributed by atoms with Crippen molar-refractivity contribution in [3.63, 3.8) is 0 Å². The van der Waals surface area contributed by atoms with E-state index < -0.39 is 23.4 Å². The summed E-state index contributed by atoms with van der Waals surface area (Å²) in [7, 11) is 0. The minimum atomic E-state index is -2.37. The van der Waals surface area contributed by atoms with Crippen LogP contribution in [0.2, 0.25) is 0 Å². The number of carbonyl (C=O) groups is 3. The number of rotatable bonds is 3. The van der Waals surface area contributed by atoms with Gasteiger partial charge in [-0.05, 0) is 24.3 Å². The molecule has 1 aromatic rings. The molecule has 0 aromatic heterocycles. The Kier molecular flexibility index (Phi) is 2.99. The van der Waals surface area contributed by atoms with Gasteiger partial charge in [0.25, 0.3) is 5.91 Å². The first-order chi connectivity index (χ1) is 8.86. The van der Waals surface area contributed by atoms with Crippen LogP contribution in [0.4, 0.5) is 5.69 Å². The van der Waals surface area contributed by atoms with Gasteiger partial charge in [0.05, 0.1) is 0 Å². The highest BCUT2D eigenvalue weighted by atomic mass is 16.4. The predicted molar refractivity (Wildman–Crippen MR) is 64.5 cm³/mol. The standard InChI is InChI=1S/C12H12N2O5/c13-9(15)7-1-3-8(4-2-7)14-6-5-12(19,10(14)16)11(17)18/h1-4,19H,5-6H2,(H2,13,15)(H,17,18). The van der Waals surface area contributed by atoms with E-state index in [-0.39, 0.29) is 18.5 Å². The van der Waals surface area contributed by atoms with Gasteiger partial charge in [-0.2, -0.15) is 0 Å². The monoisotopic (exact) mass is 264 g/mol. The molecule has 1 saturated heterocycles. The average Bonchev–Trinajstić information content (AvgIpc) is 2.68. The topological polar surface area (TPSA) is 121 Å². The molecule has 1 unspecified atom stereocenters. The summed E-state index contributed by atoms with van der Waals surface area (Å²) in [6.45, 7) is 0.0948. The number of primary amides is 1. The molecule has 0 saturated carbocycles. The van der Waals surface area contributed by atoms with Crippen LogP contribution >= 0.6 is 0 Å². The number of hydrogen-bond acceptors (Lipinski definition) is 4. The average molecular weight is 264 g/mol. The summed E-state index contributed by atoms with van der Waals surface area (Å²) in [6.07, 6.45) is -0.182. The molecule has 1 aliphatic rings. The van der Waals surface area contributed by atoms with Crippen LogP contribution in [0.25, 0.3) is 0 Å². The van der Waals surface area contributed by atoms with Crippen molar-refractivity contribution in [1.82, 2.24) is 0 Å². The molecule has 0 bridgehead atoms. The van der Waals surface area contributed by atoms with Gasteiger partial charge in [0.2, 0.25) is 11.5 Å². The highest BCUT2D eigenvalue weighted by Gasteiger charge is 2.52. The van der Waals surface area contributed by atoms with Crippen molar-refractivity contribution < 1.29 is 24.6 Å². The molecule has 1 fully saturated rings. The lowest BCUT2D eigenvalue weighted by molar-refractivity contribution is -0.162. The number of hydrogen-bond donors (Lipinski definition) is 3. The van der Waals surface area contributed by atoms with Gasteiger partial charge in [0.15, 0.2) is 0 Å². The number of nitrogens with two attached hydrogens (primary N) is 1. The largest absolute Gasteiger partial charge is 0.479 e. The normalized spacial score (nSPS) is 22.6. The molecule has 7 nitrogen and oxygen atoms in total. The third-order valence-electron chi connectivity index (χ3n) is 3.11. The van der Waals surface area contributed by atoms with Crippen molar-refractivity contribution in [3.8, 4) is 0 Å². The fraction of sp³-hybridized carbons (Fsp3) is 0.250. The van der Waals surface area contributed by atoms with E-state index in [0.29, 0.717) is 5.69 Å². The SMILES string of the molecule is NC(=O)c1ccc(N2CCC(O)(C(=O)O)C2=O)cc1. The van der Waals surface area contributed by atoms with Crippen molar-refractivity contribution in [1.29, 1.82) is 0 Å². The Labute approximate surface area is 108 Å². The van der Waals surface area contributed by atoms with Crippen LogP contribution in [-0.4, -0.2) is 40.1 Å². The van der Waals surface area contributed by atoms with Gasteiger partial charge in [-0.1, -0.05) is 0 Å². The smallest absolute Gasteiger partial charge is 0.345 e. The van der Waals surface area contributed by atoms with E-state index in [9.17, 15) is 19.5 Å². The molecule has 4 N–H and O–H groups in total. The van der Waals surface area contributed by atoms with Crippen LogP contribution in [0.1, 0.15) is 16.8 Å². The van der Waals surface area contributed by atoms with E-state index in [0.717, 1.165) is 0 Å². The van der Waals surface area contributed by atoms with Gasteiger partial charge < -0.3 is 20.8 Å². The van der Waals surface area contributed by atoms with Crippen molar-refractivity contribution in [2.24, 2.45) is 5.73 Å². The van der Waals surface area contributed by atoms with E-state index in [1.807, 2.05) is 0 Å². The molecule has 7 heteroatoms. The Hall–Kier alpha value is -2.41. The Balaban J connectivity index is 2.27. The molecule has 1 heterocycles. The van der Waals surface area contributed by atoms with Crippen LogP contribution in [0, 0.1) is 0 Å². The number of aliphatic hydroxyl groups is 1. The maximum Gasteiger partial charge on any atom is 0.345 e. The molecule has 2 rings (SSSR count). The van der Waals surface area contributed by atoms with Crippen molar-refractivity contribution >= 4 is 23.5 Å². The van der Waals surface area contributed by atoms with Crippen molar-refractivity contribution in [2.45, 2.75) is 12.0 Å². The van der Waals surface area contributed by atoms with Crippen LogP contribution < -0.4 is 10.6 Å². The minimum Gasteiger partial charge on any atom is -0.479 e. The number of carboxylic acid groups (broad SMARTS) is 1. The zero-order valence-corrected chi connectivity index (χ0v) is 9.87. The van der Waals surface area contributed by atoms with Gasteiger partial charge in [-0.15, -0.1) is 0 Å². The molecule has 0 radical (unpaired) electrons. The molecule has 100 valence electrons. The maximum absolute atomic E-state index is 11.9. The molecule has 1 aromatic carbocycles. The molecule has 0 spiro atoms. The molecule has 0 aliphatic carbocycles. The van der Waals surface area contributed by atoms with E-state index in [1.165, 1.54) is 29.2 Å². The highest BCUT2D eigenvalue weighted by molar-refractivity contribution is 6.14. The molecule has 1 atom stereocenters. The Morgan fingerprint density at radius 1 is 1.26 bits per heavy atom. The first-order valence-electron chi connectivity index (χ1n) is 5.54. The van der Waals surface area contributed by atoms with E-state index in [1.54, 1.807) is 0 Å². The van der Waals surface area contributed by atoms with E-state index >= 15 is 0 Å². The lowest BCUT2D eigenvalue weighted by atomic mass is 10.0. The fourth-order valence-corrected chi connectivity index (χ4v) is 1.96. The van der Waals surface area contributed by atoms with E-state index in [2.05, 4.69) is 0 Å². The first kappa shape index (κ1) is 13.0. The van der Waals surface area contributed by atoms with Gasteiger partial charge in [-0.3, -0.25) is 9.59 Å².